The van der Waals surface area contributed by atoms with Crippen LogP contribution < -0.4 is 9.80 Å². The normalized spacial score (nSPS) is 11.2. The van der Waals surface area contributed by atoms with Crippen LogP contribution in [0.3, 0.4) is 0 Å². The van der Waals surface area contributed by atoms with Gasteiger partial charge in [0.2, 0.25) is 0 Å². The zero-order valence-electron chi connectivity index (χ0n) is 54.8. The second-order valence-electron chi connectivity index (χ2n) is 25.1. The van der Waals surface area contributed by atoms with Gasteiger partial charge in [-0.15, -0.1) is 0 Å². The minimum absolute atomic E-state index is 0.869. The Balaban J connectivity index is 0.000000150. The van der Waals surface area contributed by atoms with Gasteiger partial charge in [0.25, 0.3) is 0 Å². The van der Waals surface area contributed by atoms with E-state index < -0.39 is 0 Å². The number of hydrogen-bond donors (Lipinski definition) is 0. The van der Waals surface area contributed by atoms with Crippen LogP contribution in [0.5, 0.6) is 0 Å². The summed E-state index contributed by atoms with van der Waals surface area (Å²) >= 11 is 0. The molecule has 18 rings (SSSR count). The van der Waals surface area contributed by atoms with Crippen molar-refractivity contribution in [3.63, 3.8) is 0 Å². The van der Waals surface area contributed by atoms with Gasteiger partial charge in [-0.3, -0.25) is 0 Å². The van der Waals surface area contributed by atoms with E-state index in [4.69, 9.17) is 8.83 Å². The fraction of sp³-hybridized carbons (Fsp3) is 0. The molecule has 0 bridgehead atoms. The molecule has 0 radical (unpaired) electrons. The van der Waals surface area contributed by atoms with Gasteiger partial charge in [-0.05, 0) is 162 Å². The van der Waals surface area contributed by atoms with Crippen molar-refractivity contribution in [2.24, 2.45) is 0 Å². The van der Waals surface area contributed by atoms with Gasteiger partial charge in [-0.1, -0.05) is 309 Å². The summed E-state index contributed by atoms with van der Waals surface area (Å²) in [6, 6.07) is 142. The van der Waals surface area contributed by atoms with E-state index in [1.165, 1.54) is 72.3 Å². The fourth-order valence-electron chi connectivity index (χ4n) is 14.0. The van der Waals surface area contributed by atoms with Crippen LogP contribution in [-0.2, 0) is 0 Å². The first-order valence-corrected chi connectivity index (χ1v) is 34.0. The van der Waals surface area contributed by atoms with E-state index in [1.54, 1.807) is 0 Å². The lowest BCUT2D eigenvalue weighted by Crippen LogP contribution is -2.11. The molecule has 100 heavy (non-hydrogen) atoms. The van der Waals surface area contributed by atoms with Gasteiger partial charge in [0.05, 0.1) is 5.69 Å². The molecule has 0 N–H and O–H groups in total. The quantitative estimate of drug-likeness (QED) is 0.109. The van der Waals surface area contributed by atoms with E-state index in [0.29, 0.717) is 0 Å². The lowest BCUT2D eigenvalue weighted by atomic mass is 9.94. The van der Waals surface area contributed by atoms with Crippen LogP contribution in [0.2, 0.25) is 0 Å². The van der Waals surface area contributed by atoms with E-state index in [0.717, 1.165) is 94.7 Å². The molecular formula is C96H66N2O2. The minimum Gasteiger partial charge on any atom is -0.456 e. The lowest BCUT2D eigenvalue weighted by Gasteiger charge is -2.28. The van der Waals surface area contributed by atoms with Crippen LogP contribution >= 0.6 is 0 Å². The monoisotopic (exact) mass is 1280 g/mol. The highest BCUT2D eigenvalue weighted by Gasteiger charge is 2.21. The molecule has 0 spiro atoms. The molecule has 2 heterocycles. The van der Waals surface area contributed by atoms with Crippen LogP contribution in [0.25, 0.3) is 133 Å². The molecule has 0 aliphatic heterocycles. The second kappa shape index (κ2) is 27.1. The maximum Gasteiger partial charge on any atom is 0.137 e. The molecule has 0 fully saturated rings. The third-order valence-electron chi connectivity index (χ3n) is 19.0. The van der Waals surface area contributed by atoms with Gasteiger partial charge in [0.1, 0.15) is 22.3 Å². The highest BCUT2D eigenvalue weighted by atomic mass is 16.3. The van der Waals surface area contributed by atoms with Crippen molar-refractivity contribution in [3.05, 3.63) is 400 Å². The summed E-state index contributed by atoms with van der Waals surface area (Å²) in [4.78, 5) is 4.67. The first-order valence-electron chi connectivity index (χ1n) is 34.0. The Hall–Kier alpha value is -13.3. The fourth-order valence-corrected chi connectivity index (χ4v) is 14.0. The van der Waals surface area contributed by atoms with Crippen LogP contribution in [0.4, 0.5) is 34.1 Å². The molecule has 2 aromatic heterocycles. The number of anilines is 6. The van der Waals surface area contributed by atoms with Crippen molar-refractivity contribution in [3.8, 4) is 89.0 Å². The van der Waals surface area contributed by atoms with E-state index in [1.807, 2.05) is 24.3 Å². The average Bonchev–Trinajstić information content (AvgIpc) is 1.53. The predicted molar refractivity (Wildman–Crippen MR) is 420 cm³/mol. The number of fused-ring (bicyclic) bond motifs is 6. The maximum absolute atomic E-state index is 6.38. The summed E-state index contributed by atoms with van der Waals surface area (Å²) < 4.78 is 12.7. The van der Waals surface area contributed by atoms with Gasteiger partial charge in [-0.2, -0.15) is 0 Å². The van der Waals surface area contributed by atoms with Crippen molar-refractivity contribution in [2.75, 3.05) is 9.80 Å². The van der Waals surface area contributed by atoms with Crippen molar-refractivity contribution in [2.45, 2.75) is 0 Å². The van der Waals surface area contributed by atoms with Gasteiger partial charge in [0.15, 0.2) is 0 Å². The first kappa shape index (κ1) is 60.4. The SMILES string of the molecule is c1ccc(-c2ccc(-c3ccc(N(c4ccc5c(c4)oc4ccccc45)c4ccccc4-c4ccc(-c5ccccc5)cc4)cc3)cc2)cc1.c1ccc(-c2ccc(-c3ccc(N(c4cccc(-c5ccccc5-c5ccccc5)c4)c4ccc5c(c4)oc4ccccc45)cc3)cc2)cc1. The van der Waals surface area contributed by atoms with E-state index in [-0.39, 0.29) is 0 Å². The van der Waals surface area contributed by atoms with Gasteiger partial charge in [-0.25, -0.2) is 0 Å². The number of hydrogen-bond acceptors (Lipinski definition) is 4. The summed E-state index contributed by atoms with van der Waals surface area (Å²) in [5.74, 6) is 0. The smallest absolute Gasteiger partial charge is 0.137 e. The molecule has 472 valence electrons. The standard InChI is InChI=1S/2C48H33NO/c1-3-11-34(12-4-1)36-19-21-38(22-20-36)39-27-29-41(30-28-39)49(42-31-32-45-44-16-8-10-18-47(44)50-48(45)33-42)46-17-9-7-15-43(46)40-25-23-37(24-26-40)35-13-5-2-6-14-35;1-3-12-34(13-4-1)35-22-24-36(25-23-35)37-26-28-40(29-27-37)49(42-30-31-46-45-20-9-10-21-47(45)50-48(46)33-42)41-17-11-16-39(32-41)44-19-8-7-18-43(44)38-14-5-2-6-15-38/h2*1-33H. The molecule has 0 unspecified atom stereocenters. The Morgan fingerprint density at radius 3 is 0.880 bits per heavy atom. The van der Waals surface area contributed by atoms with Crippen molar-refractivity contribution >= 4 is 78.0 Å². The molecule has 0 aliphatic rings. The maximum atomic E-state index is 6.38. The topological polar surface area (TPSA) is 32.8 Å². The molecule has 0 aliphatic carbocycles. The van der Waals surface area contributed by atoms with Gasteiger partial charge >= 0.3 is 0 Å². The van der Waals surface area contributed by atoms with Gasteiger partial charge < -0.3 is 18.6 Å². The van der Waals surface area contributed by atoms with Crippen LogP contribution in [0.1, 0.15) is 0 Å². The Labute approximate surface area is 582 Å². The summed E-state index contributed by atoms with van der Waals surface area (Å²) in [6.07, 6.45) is 0. The summed E-state index contributed by atoms with van der Waals surface area (Å²) in [6.45, 7) is 0. The Morgan fingerprint density at radius 2 is 0.430 bits per heavy atom. The highest BCUT2D eigenvalue weighted by molar-refractivity contribution is 6.08. The average molecular weight is 1280 g/mol. The Morgan fingerprint density at radius 1 is 0.150 bits per heavy atom. The summed E-state index contributed by atoms with van der Waals surface area (Å²) in [7, 11) is 0. The van der Waals surface area contributed by atoms with Crippen molar-refractivity contribution in [1.29, 1.82) is 0 Å². The van der Waals surface area contributed by atoms with E-state index in [9.17, 15) is 0 Å². The first-order chi connectivity index (χ1) is 49.6. The molecule has 0 atom stereocenters. The summed E-state index contributed by atoms with van der Waals surface area (Å²) in [5, 5.41) is 4.48. The molecule has 0 saturated heterocycles. The van der Waals surface area contributed by atoms with Crippen molar-refractivity contribution in [1.82, 2.24) is 0 Å². The number of furan rings is 2. The summed E-state index contributed by atoms with van der Waals surface area (Å²) in [5.41, 5.74) is 29.0. The van der Waals surface area contributed by atoms with Gasteiger partial charge in [0, 0.05) is 67.7 Å². The molecule has 0 amide bonds. The van der Waals surface area contributed by atoms with Crippen LogP contribution in [0.15, 0.2) is 409 Å². The largest absolute Gasteiger partial charge is 0.456 e. The predicted octanol–water partition coefficient (Wildman–Crippen LogP) is 27.4. The number of para-hydroxylation sites is 3. The zero-order valence-corrected chi connectivity index (χ0v) is 54.8. The molecule has 18 aromatic rings. The number of nitrogens with zero attached hydrogens (tertiary/aromatic N) is 2. The Bertz CT molecular complexity index is 5850. The van der Waals surface area contributed by atoms with E-state index in [2.05, 4.69) is 386 Å². The third-order valence-corrected chi connectivity index (χ3v) is 19.0. The third kappa shape index (κ3) is 12.2. The van der Waals surface area contributed by atoms with E-state index >= 15 is 0 Å². The molecule has 16 aromatic carbocycles. The molecule has 4 heteroatoms. The number of benzene rings is 16. The zero-order chi connectivity index (χ0) is 66.6. The van der Waals surface area contributed by atoms with Crippen LogP contribution in [0, 0.1) is 0 Å². The molecule has 4 nitrogen and oxygen atoms in total. The second-order valence-corrected chi connectivity index (χ2v) is 25.1. The van der Waals surface area contributed by atoms with Crippen LogP contribution in [-0.4, -0.2) is 0 Å². The Kier molecular flexibility index (Phi) is 16.4. The lowest BCUT2D eigenvalue weighted by molar-refractivity contribution is 0.668. The minimum atomic E-state index is 0.869. The highest BCUT2D eigenvalue weighted by Crippen LogP contribution is 2.46. The molecule has 0 saturated carbocycles. The molecular weight excluding hydrogens is 1210 g/mol. The number of rotatable bonds is 14. The van der Waals surface area contributed by atoms with Crippen molar-refractivity contribution < 1.29 is 8.83 Å².